The Morgan fingerprint density at radius 3 is 1.78 bits per heavy atom. The van der Waals surface area contributed by atoms with Gasteiger partial charge in [0.2, 0.25) is 0 Å². The summed E-state index contributed by atoms with van der Waals surface area (Å²) in [5, 5.41) is 8.36. The van der Waals surface area contributed by atoms with E-state index in [9.17, 15) is 4.79 Å². The van der Waals surface area contributed by atoms with Crippen LogP contribution in [0, 0.1) is 39.9 Å². The van der Waals surface area contributed by atoms with Gasteiger partial charge in [-0.05, 0) is 13.8 Å². The van der Waals surface area contributed by atoms with Crippen LogP contribution in [0.3, 0.4) is 0 Å². The molecule has 0 aromatic carbocycles. The van der Waals surface area contributed by atoms with E-state index in [2.05, 4.69) is 0 Å². The number of aliphatic hydroxyl groups is 1. The van der Waals surface area contributed by atoms with Gasteiger partial charge in [0.25, 0.3) is 0 Å². The second kappa shape index (κ2) is 8.49. The predicted octanol–water partition coefficient (Wildman–Crippen LogP) is 0.213. The van der Waals surface area contributed by atoms with Gasteiger partial charge in [0.05, 0.1) is 5.76 Å². The van der Waals surface area contributed by atoms with Gasteiger partial charge >= 0.3 is 0 Å². The maximum Gasteiger partial charge on any atom is 0.155 e. The molecule has 0 radical (unpaired) electrons. The molecule has 0 unspecified atom stereocenters. The van der Waals surface area contributed by atoms with Crippen LogP contribution < -0.4 is 0 Å². The molecule has 0 saturated heterocycles. The smallest absolute Gasteiger partial charge is 0.155 e. The number of hydrogen-bond donors (Lipinski definition) is 1. The fourth-order valence-corrected chi connectivity index (χ4v) is 0.294. The topological polar surface area (TPSA) is 68.8 Å². The number of aliphatic hydroxyl groups excluding tert-OH is 1. The average molecular weight is 275 g/mol. The SMILES string of the molecule is CC(=O)/C=C(/C)O.O.[Gd]. The summed E-state index contributed by atoms with van der Waals surface area (Å²) in [6.45, 7) is 2.85. The van der Waals surface area contributed by atoms with E-state index in [-0.39, 0.29) is 57.0 Å². The third-order valence-electron chi connectivity index (χ3n) is 0.412. The molecule has 9 heavy (non-hydrogen) atoms. The molecule has 0 amide bonds. The number of rotatable bonds is 1. The standard InChI is InChI=1S/C5H8O2.Gd.H2O/c1-4(6)3-5(2)7;;/h3,6H,1-2H3;;1H2/b4-3-;;. The summed E-state index contributed by atoms with van der Waals surface area (Å²) in [5.41, 5.74) is 0. The number of hydrogen-bond acceptors (Lipinski definition) is 2. The molecule has 0 spiro atoms. The molecule has 4 heteroatoms. The fraction of sp³-hybridized carbons (Fsp3) is 0.400. The van der Waals surface area contributed by atoms with Crippen LogP contribution in [-0.2, 0) is 4.79 Å². The van der Waals surface area contributed by atoms with E-state index < -0.39 is 0 Å². The van der Waals surface area contributed by atoms with Crippen LogP contribution in [-0.4, -0.2) is 16.4 Å². The van der Waals surface area contributed by atoms with E-state index in [0.29, 0.717) is 0 Å². The van der Waals surface area contributed by atoms with Crippen LogP contribution in [0.4, 0.5) is 0 Å². The molecular weight excluding hydrogens is 265 g/mol. The van der Waals surface area contributed by atoms with Crippen molar-refractivity contribution in [1.82, 2.24) is 0 Å². The van der Waals surface area contributed by atoms with Crippen molar-refractivity contribution in [2.24, 2.45) is 0 Å². The summed E-state index contributed by atoms with van der Waals surface area (Å²) in [7, 11) is 0. The van der Waals surface area contributed by atoms with Crippen LogP contribution in [0.1, 0.15) is 13.8 Å². The second-order valence-electron chi connectivity index (χ2n) is 1.40. The fourth-order valence-electron chi connectivity index (χ4n) is 0.294. The largest absolute Gasteiger partial charge is 0.512 e. The molecule has 0 fully saturated rings. The van der Waals surface area contributed by atoms with E-state index in [0.717, 1.165) is 0 Å². The van der Waals surface area contributed by atoms with Gasteiger partial charge in [0.15, 0.2) is 5.78 Å². The van der Waals surface area contributed by atoms with Gasteiger partial charge in [-0.15, -0.1) is 0 Å². The predicted molar refractivity (Wildman–Crippen MR) is 30.7 cm³/mol. The summed E-state index contributed by atoms with van der Waals surface area (Å²) >= 11 is 0. The van der Waals surface area contributed by atoms with Gasteiger partial charge in [-0.3, -0.25) is 4.79 Å². The molecule has 0 aliphatic heterocycles. The van der Waals surface area contributed by atoms with Crippen molar-refractivity contribution in [3.8, 4) is 0 Å². The first-order valence-electron chi connectivity index (χ1n) is 2.01. The number of carbonyl (C=O) groups excluding carboxylic acids is 1. The normalized spacial score (nSPS) is 8.89. The Morgan fingerprint density at radius 2 is 1.78 bits per heavy atom. The Kier molecular flexibility index (Phi) is 15.3. The molecule has 0 heterocycles. The van der Waals surface area contributed by atoms with E-state index in [1.807, 2.05) is 0 Å². The van der Waals surface area contributed by atoms with Crippen molar-refractivity contribution in [1.29, 1.82) is 0 Å². The molecule has 0 rings (SSSR count). The molecular formula is C5H10GdO3. The Labute approximate surface area is 86.1 Å². The quantitative estimate of drug-likeness (QED) is 0.549. The van der Waals surface area contributed by atoms with Crippen LogP contribution in [0.2, 0.25) is 0 Å². The molecule has 0 aromatic heterocycles. The first-order valence-corrected chi connectivity index (χ1v) is 2.01. The van der Waals surface area contributed by atoms with Crippen molar-refractivity contribution in [2.45, 2.75) is 13.8 Å². The maximum absolute atomic E-state index is 10.0. The molecule has 0 aliphatic carbocycles. The number of ketones is 1. The third kappa shape index (κ3) is 17.7. The van der Waals surface area contributed by atoms with E-state index >= 15 is 0 Å². The minimum Gasteiger partial charge on any atom is -0.512 e. The zero-order valence-corrected chi connectivity index (χ0v) is 7.55. The van der Waals surface area contributed by atoms with Gasteiger partial charge < -0.3 is 10.6 Å². The first kappa shape index (κ1) is 16.2. The zero-order valence-electron chi connectivity index (χ0n) is 5.29. The number of allylic oxidation sites excluding steroid dienone is 2. The zero-order chi connectivity index (χ0) is 5.86. The maximum atomic E-state index is 10.0. The third-order valence-corrected chi connectivity index (χ3v) is 0.412. The van der Waals surface area contributed by atoms with Crippen LogP contribution in [0.15, 0.2) is 11.8 Å². The summed E-state index contributed by atoms with van der Waals surface area (Å²) in [6, 6.07) is 0. The second-order valence-corrected chi connectivity index (χ2v) is 1.40. The first-order chi connectivity index (χ1) is 3.13. The molecule has 0 bridgehead atoms. The summed E-state index contributed by atoms with van der Waals surface area (Å²) in [6.07, 6.45) is 1.17. The minimum absolute atomic E-state index is 0. The summed E-state index contributed by atoms with van der Waals surface area (Å²) in [5.74, 6) is -0.0625. The van der Waals surface area contributed by atoms with E-state index in [1.165, 1.54) is 19.9 Å². The van der Waals surface area contributed by atoms with Crippen LogP contribution in [0.5, 0.6) is 0 Å². The van der Waals surface area contributed by atoms with Gasteiger partial charge in [0.1, 0.15) is 0 Å². The number of carbonyl (C=O) groups is 1. The Morgan fingerprint density at radius 1 is 1.44 bits per heavy atom. The minimum atomic E-state index is -0.125. The molecule has 56 valence electrons. The molecule has 3 nitrogen and oxygen atoms in total. The molecule has 0 aliphatic rings. The molecule has 0 aromatic rings. The van der Waals surface area contributed by atoms with Gasteiger partial charge in [0, 0.05) is 46.0 Å². The Bertz CT molecular complexity index is 105. The van der Waals surface area contributed by atoms with E-state index in [4.69, 9.17) is 5.11 Å². The molecule has 3 N–H and O–H groups in total. The van der Waals surface area contributed by atoms with Gasteiger partial charge in [-0.1, -0.05) is 0 Å². The summed E-state index contributed by atoms with van der Waals surface area (Å²) < 4.78 is 0. The monoisotopic (exact) mass is 276 g/mol. The average Bonchev–Trinajstić information content (AvgIpc) is 1.27. The molecule has 0 atom stereocenters. The Balaban J connectivity index is -0.000000180. The van der Waals surface area contributed by atoms with Crippen LogP contribution in [0.25, 0.3) is 0 Å². The van der Waals surface area contributed by atoms with Crippen molar-refractivity contribution >= 4 is 5.78 Å². The van der Waals surface area contributed by atoms with Crippen molar-refractivity contribution in [2.75, 3.05) is 0 Å². The Hall–Kier alpha value is 0.495. The summed E-state index contributed by atoms with van der Waals surface area (Å²) in [4.78, 5) is 10.0. The molecule has 0 saturated carbocycles. The van der Waals surface area contributed by atoms with Crippen molar-refractivity contribution < 1.29 is 55.3 Å². The van der Waals surface area contributed by atoms with E-state index in [1.54, 1.807) is 0 Å². The van der Waals surface area contributed by atoms with Crippen molar-refractivity contribution in [3.05, 3.63) is 11.8 Å². The van der Waals surface area contributed by atoms with Crippen LogP contribution >= 0.6 is 0 Å². The van der Waals surface area contributed by atoms with Gasteiger partial charge in [-0.25, -0.2) is 0 Å². The van der Waals surface area contributed by atoms with Gasteiger partial charge in [-0.2, -0.15) is 0 Å². The van der Waals surface area contributed by atoms with Crippen molar-refractivity contribution in [3.63, 3.8) is 0 Å².